The van der Waals surface area contributed by atoms with E-state index in [2.05, 4.69) is 220 Å². The van der Waals surface area contributed by atoms with Crippen LogP contribution < -0.4 is 0 Å². The molecule has 0 aliphatic carbocycles. The largest absolute Gasteiger partial charge is 0.462 e. The van der Waals surface area contributed by atoms with Crippen molar-refractivity contribution in [2.75, 3.05) is 13.2 Å². The minimum Gasteiger partial charge on any atom is -0.462 e. The second-order valence-electron chi connectivity index (χ2n) is 19.3. The summed E-state index contributed by atoms with van der Waals surface area (Å²) in [5.41, 5.74) is 0. The normalized spacial score (nSPS) is 13.7. The van der Waals surface area contributed by atoms with Gasteiger partial charge in [-0.3, -0.25) is 9.59 Å². The van der Waals surface area contributed by atoms with Crippen molar-refractivity contribution in [2.45, 2.75) is 225 Å². The molecule has 0 amide bonds. The maximum Gasteiger partial charge on any atom is 0.306 e. The molecule has 1 atom stereocenters. The molecule has 0 aromatic heterocycles. The summed E-state index contributed by atoms with van der Waals surface area (Å²) in [6, 6.07) is 0. The molecule has 0 aromatic carbocycles. The summed E-state index contributed by atoms with van der Waals surface area (Å²) in [5, 5.41) is 9.67. The zero-order valence-electron chi connectivity index (χ0n) is 49.3. The number of allylic oxidation sites excluding steroid dienone is 34. The Morgan fingerprint density at radius 2 is 0.513 bits per heavy atom. The van der Waals surface area contributed by atoms with Crippen LogP contribution in [0.25, 0.3) is 0 Å². The zero-order valence-corrected chi connectivity index (χ0v) is 49.3. The van der Waals surface area contributed by atoms with E-state index in [-0.39, 0.29) is 25.2 Å². The maximum absolute atomic E-state index is 12.3. The van der Waals surface area contributed by atoms with Gasteiger partial charge in [-0.15, -0.1) is 0 Å². The number of carbonyl (C=O) groups excluding carboxylic acids is 2. The Balaban J connectivity index is 3.69. The first-order valence-electron chi connectivity index (χ1n) is 30.6. The summed E-state index contributed by atoms with van der Waals surface area (Å²) in [5.74, 6) is -0.648. The van der Waals surface area contributed by atoms with Crippen LogP contribution in [0, 0.1) is 0 Å². The molecule has 0 aliphatic rings. The number of hydrogen-bond acceptors (Lipinski definition) is 5. The Kier molecular flexibility index (Phi) is 61.1. The SMILES string of the molecule is CC/C=C\C/C=C\C/C=C\C/C=C\C/C=C\C/C=C\C/C=C\C/C=C\C/C=C\C/C=C\CCCCCCCCC(=O)OC(CO)COC(=O)CCCCCCC/C=C\C/C=C\C/C=C\C/C=C\C/C=C\C/C=C\C/C=C\CC. The van der Waals surface area contributed by atoms with Gasteiger partial charge in [0.15, 0.2) is 6.10 Å². The summed E-state index contributed by atoms with van der Waals surface area (Å²) in [6.07, 6.45) is 107. The lowest BCUT2D eigenvalue weighted by Gasteiger charge is -2.15. The van der Waals surface area contributed by atoms with Gasteiger partial charge in [0.2, 0.25) is 0 Å². The number of hydrogen-bond donors (Lipinski definition) is 1. The van der Waals surface area contributed by atoms with Gasteiger partial charge in [0.25, 0.3) is 0 Å². The highest BCUT2D eigenvalue weighted by Gasteiger charge is 2.16. The molecule has 0 fully saturated rings. The van der Waals surface area contributed by atoms with E-state index in [1.54, 1.807) is 0 Å². The van der Waals surface area contributed by atoms with Crippen LogP contribution >= 0.6 is 0 Å². The van der Waals surface area contributed by atoms with Gasteiger partial charge < -0.3 is 14.6 Å². The van der Waals surface area contributed by atoms with E-state index in [4.69, 9.17) is 9.47 Å². The first-order chi connectivity index (χ1) is 38.6. The molecule has 0 rings (SSSR count). The average Bonchev–Trinajstić information content (AvgIpc) is 3.44. The molecule has 0 aromatic rings. The van der Waals surface area contributed by atoms with Crippen LogP contribution in [0.15, 0.2) is 207 Å². The Morgan fingerprint density at radius 1 is 0.295 bits per heavy atom. The minimum absolute atomic E-state index is 0.0974. The average molecular weight is 1070 g/mol. The van der Waals surface area contributed by atoms with Gasteiger partial charge in [-0.1, -0.05) is 265 Å². The Morgan fingerprint density at radius 3 is 0.769 bits per heavy atom. The third-order valence-corrected chi connectivity index (χ3v) is 12.1. The monoisotopic (exact) mass is 1070 g/mol. The van der Waals surface area contributed by atoms with E-state index < -0.39 is 6.10 Å². The lowest BCUT2D eigenvalue weighted by Crippen LogP contribution is -2.28. The summed E-state index contributed by atoms with van der Waals surface area (Å²) < 4.78 is 10.7. The fraction of sp³-hybridized carbons (Fsp3) is 0.507. The molecule has 0 heterocycles. The predicted octanol–water partition coefficient (Wildman–Crippen LogP) is 21.4. The molecular weight excluding hydrogens is 957 g/mol. The van der Waals surface area contributed by atoms with Gasteiger partial charge in [-0.2, -0.15) is 0 Å². The lowest BCUT2D eigenvalue weighted by atomic mass is 10.1. The fourth-order valence-corrected chi connectivity index (χ4v) is 7.56. The van der Waals surface area contributed by atoms with Crippen LogP contribution in [0.5, 0.6) is 0 Å². The van der Waals surface area contributed by atoms with E-state index in [0.29, 0.717) is 12.8 Å². The molecule has 0 saturated heterocycles. The highest BCUT2D eigenvalue weighted by Crippen LogP contribution is 2.12. The van der Waals surface area contributed by atoms with Gasteiger partial charge in [-0.25, -0.2) is 0 Å². The number of unbranched alkanes of at least 4 members (excludes halogenated alkanes) is 11. The third-order valence-electron chi connectivity index (χ3n) is 12.1. The summed E-state index contributed by atoms with van der Waals surface area (Å²) >= 11 is 0. The molecule has 1 unspecified atom stereocenters. The molecule has 432 valence electrons. The summed E-state index contributed by atoms with van der Waals surface area (Å²) in [6.45, 7) is 3.87. The van der Waals surface area contributed by atoms with E-state index in [1.807, 2.05) is 0 Å². The van der Waals surface area contributed by atoms with Crippen LogP contribution in [0.1, 0.15) is 219 Å². The number of esters is 2. The summed E-state index contributed by atoms with van der Waals surface area (Å²) in [4.78, 5) is 24.6. The molecule has 0 bridgehead atoms. The molecule has 5 heteroatoms. The number of rotatable bonds is 53. The number of aliphatic hydroxyl groups excluding tert-OH is 1. The topological polar surface area (TPSA) is 72.8 Å². The molecule has 5 nitrogen and oxygen atoms in total. The molecular formula is C73H110O5. The van der Waals surface area contributed by atoms with Gasteiger partial charge in [0.05, 0.1) is 6.61 Å². The number of carbonyl (C=O) groups is 2. The van der Waals surface area contributed by atoms with Crippen molar-refractivity contribution in [1.82, 2.24) is 0 Å². The highest BCUT2D eigenvalue weighted by molar-refractivity contribution is 5.70. The van der Waals surface area contributed by atoms with E-state index in [0.717, 1.165) is 180 Å². The third kappa shape index (κ3) is 63.0. The first-order valence-corrected chi connectivity index (χ1v) is 30.6. The standard InChI is InChI=1S/C73H110O5/c1-3-5-7-9-11-13-15-17-19-21-23-25-27-29-31-32-33-34-35-36-37-38-39-40-42-44-46-48-50-52-54-56-58-60-62-64-66-68-73(76)78-71(69-74)70-77-72(75)67-65-63-61-59-57-55-53-51-49-47-45-43-41-30-28-26-24-22-20-18-16-14-12-10-8-6-4-2/h5-8,11-14,17-20,23-26,29-31,33-34,36-37,39-41,44-47,50-53,71,74H,3-4,9-10,15-16,21-22,27-28,32,35,38,42-43,48-49,54-70H2,1-2H3/b7-5-,8-6-,13-11-,14-12-,19-17-,20-18-,25-23-,26-24-,31-29-,34-33-,37-36-,40-39-,41-30-,46-44-,47-45-,52-50-,53-51-. The van der Waals surface area contributed by atoms with E-state index in [9.17, 15) is 14.7 Å². The van der Waals surface area contributed by atoms with E-state index >= 15 is 0 Å². The molecule has 0 spiro atoms. The predicted molar refractivity (Wildman–Crippen MR) is 342 cm³/mol. The van der Waals surface area contributed by atoms with Crippen LogP contribution in [0.3, 0.4) is 0 Å². The molecule has 1 N–H and O–H groups in total. The summed E-state index contributed by atoms with van der Waals surface area (Å²) in [7, 11) is 0. The number of aliphatic hydroxyl groups is 1. The smallest absolute Gasteiger partial charge is 0.306 e. The molecule has 0 radical (unpaired) electrons. The van der Waals surface area contributed by atoms with Crippen LogP contribution in [0.4, 0.5) is 0 Å². The van der Waals surface area contributed by atoms with Crippen LogP contribution in [-0.4, -0.2) is 36.4 Å². The van der Waals surface area contributed by atoms with Crippen molar-refractivity contribution in [3.8, 4) is 0 Å². The van der Waals surface area contributed by atoms with Crippen molar-refractivity contribution >= 4 is 11.9 Å². The fourth-order valence-electron chi connectivity index (χ4n) is 7.56. The van der Waals surface area contributed by atoms with Gasteiger partial charge in [0, 0.05) is 12.8 Å². The second kappa shape index (κ2) is 65.8. The quantitative estimate of drug-likeness (QED) is 0.0373. The van der Waals surface area contributed by atoms with E-state index in [1.165, 1.54) is 12.8 Å². The lowest BCUT2D eigenvalue weighted by molar-refractivity contribution is -0.161. The van der Waals surface area contributed by atoms with Crippen molar-refractivity contribution in [3.63, 3.8) is 0 Å². The molecule has 0 aliphatic heterocycles. The minimum atomic E-state index is -0.807. The second-order valence-corrected chi connectivity index (χ2v) is 19.3. The van der Waals surface area contributed by atoms with Crippen molar-refractivity contribution in [1.29, 1.82) is 0 Å². The highest BCUT2D eigenvalue weighted by atomic mass is 16.6. The Hall–Kier alpha value is -5.52. The van der Waals surface area contributed by atoms with Gasteiger partial charge in [0.1, 0.15) is 6.61 Å². The molecule has 78 heavy (non-hydrogen) atoms. The van der Waals surface area contributed by atoms with Crippen molar-refractivity contribution in [3.05, 3.63) is 207 Å². The molecule has 0 saturated carbocycles. The Bertz CT molecular complexity index is 1880. The van der Waals surface area contributed by atoms with Gasteiger partial charge in [-0.05, 0) is 148 Å². The van der Waals surface area contributed by atoms with Crippen LogP contribution in [-0.2, 0) is 19.1 Å². The maximum atomic E-state index is 12.3. The van der Waals surface area contributed by atoms with Crippen molar-refractivity contribution in [2.24, 2.45) is 0 Å². The number of ether oxygens (including phenoxy) is 2. The van der Waals surface area contributed by atoms with Gasteiger partial charge >= 0.3 is 11.9 Å². The first kappa shape index (κ1) is 72.5. The van der Waals surface area contributed by atoms with Crippen LogP contribution in [0.2, 0.25) is 0 Å². The Labute approximate surface area is 479 Å². The zero-order chi connectivity index (χ0) is 56.2. The van der Waals surface area contributed by atoms with Crippen molar-refractivity contribution < 1.29 is 24.2 Å².